The number of aromatic nitrogens is 2. The van der Waals surface area contributed by atoms with Crippen LogP contribution in [-0.4, -0.2) is 21.6 Å². The topological polar surface area (TPSA) is 68.2 Å². The molecule has 3 N–H and O–H groups in total. The number of nitrogens with zero attached hydrogens (tertiary/aromatic N) is 3. The van der Waals surface area contributed by atoms with Gasteiger partial charge in [0.2, 0.25) is 0 Å². The van der Waals surface area contributed by atoms with Crippen LogP contribution >= 0.6 is 0 Å². The van der Waals surface area contributed by atoms with Crippen molar-refractivity contribution in [2.24, 2.45) is 16.6 Å². The first-order chi connectivity index (χ1) is 12.0. The molecule has 0 aliphatic carbocycles. The molecule has 0 aliphatic heterocycles. The molecule has 0 spiro atoms. The lowest BCUT2D eigenvalue weighted by molar-refractivity contribution is 0.493. The maximum atomic E-state index is 6.03. The Morgan fingerprint density at radius 3 is 2.76 bits per heavy atom. The lowest BCUT2D eigenvalue weighted by Crippen LogP contribution is -2.38. The highest BCUT2D eigenvalue weighted by atomic mass is 15.1. The van der Waals surface area contributed by atoms with E-state index in [-0.39, 0.29) is 0 Å². The zero-order valence-corrected chi connectivity index (χ0v) is 15.7. The van der Waals surface area contributed by atoms with Crippen LogP contribution in [-0.2, 0) is 13.1 Å². The fourth-order valence-corrected chi connectivity index (χ4v) is 2.80. The van der Waals surface area contributed by atoms with Crippen LogP contribution in [0.3, 0.4) is 0 Å². The highest BCUT2D eigenvalue weighted by molar-refractivity contribution is 5.78. The summed E-state index contributed by atoms with van der Waals surface area (Å²) in [6.07, 6.45) is 9.18. The van der Waals surface area contributed by atoms with Gasteiger partial charge in [-0.15, -0.1) is 0 Å². The number of guanidine groups is 1. The molecule has 1 heterocycles. The van der Waals surface area contributed by atoms with Gasteiger partial charge < -0.3 is 15.6 Å². The Morgan fingerprint density at radius 1 is 1.24 bits per heavy atom. The number of nitrogens with two attached hydrogens (primary N) is 1. The van der Waals surface area contributed by atoms with E-state index in [0.29, 0.717) is 18.5 Å². The summed E-state index contributed by atoms with van der Waals surface area (Å²) in [6.45, 7) is 8.09. The van der Waals surface area contributed by atoms with Crippen LogP contribution < -0.4 is 11.1 Å². The number of rotatable bonds is 9. The second kappa shape index (κ2) is 9.87. The van der Waals surface area contributed by atoms with Gasteiger partial charge in [0.1, 0.15) is 0 Å². The maximum Gasteiger partial charge on any atom is 0.189 e. The Bertz CT molecular complexity index is 646. The zero-order valence-electron chi connectivity index (χ0n) is 15.7. The standard InChI is InChI=1S/C20H31N5/c1-16(2)6-4-7-17(3)24-20(21)23-13-18-8-5-9-19(12-18)14-25-11-10-22-15-25/h5,8-12,15-17H,4,6-7,13-14H2,1-3H3,(H3,21,23,24). The molecular formula is C20H31N5. The summed E-state index contributed by atoms with van der Waals surface area (Å²) in [5, 5.41) is 3.29. The van der Waals surface area contributed by atoms with Gasteiger partial charge in [-0.3, -0.25) is 0 Å². The minimum absolute atomic E-state index is 0.357. The van der Waals surface area contributed by atoms with Crippen molar-refractivity contribution in [3.8, 4) is 0 Å². The molecule has 0 saturated carbocycles. The number of nitrogens with one attached hydrogen (secondary N) is 1. The molecule has 1 atom stereocenters. The van der Waals surface area contributed by atoms with Gasteiger partial charge in [0.25, 0.3) is 0 Å². The fourth-order valence-electron chi connectivity index (χ4n) is 2.80. The molecule has 0 fully saturated rings. The van der Waals surface area contributed by atoms with Gasteiger partial charge >= 0.3 is 0 Å². The van der Waals surface area contributed by atoms with E-state index in [1.54, 1.807) is 6.20 Å². The summed E-state index contributed by atoms with van der Waals surface area (Å²) in [6, 6.07) is 8.79. The van der Waals surface area contributed by atoms with Crippen molar-refractivity contribution in [2.45, 2.75) is 59.2 Å². The first-order valence-electron chi connectivity index (χ1n) is 9.13. The third-order valence-corrected chi connectivity index (χ3v) is 4.16. The molecule has 5 heteroatoms. The molecule has 1 aromatic heterocycles. The van der Waals surface area contributed by atoms with Gasteiger partial charge in [-0.2, -0.15) is 0 Å². The SMILES string of the molecule is CC(C)CCCC(C)NC(N)=NCc1cccc(Cn2ccnc2)c1. The number of aliphatic imine (C=N–C) groups is 1. The molecule has 0 radical (unpaired) electrons. The monoisotopic (exact) mass is 341 g/mol. The Hall–Kier alpha value is -2.30. The maximum absolute atomic E-state index is 6.03. The molecule has 0 amide bonds. The van der Waals surface area contributed by atoms with Crippen molar-refractivity contribution in [3.63, 3.8) is 0 Å². The third-order valence-electron chi connectivity index (χ3n) is 4.16. The first-order valence-corrected chi connectivity index (χ1v) is 9.13. The van der Waals surface area contributed by atoms with Crippen molar-refractivity contribution in [1.82, 2.24) is 14.9 Å². The molecule has 25 heavy (non-hydrogen) atoms. The van der Waals surface area contributed by atoms with E-state index < -0.39 is 0 Å². The van der Waals surface area contributed by atoms with E-state index in [9.17, 15) is 0 Å². The van der Waals surface area contributed by atoms with Gasteiger partial charge in [0.05, 0.1) is 12.9 Å². The van der Waals surface area contributed by atoms with Crippen LogP contribution in [0.15, 0.2) is 48.0 Å². The summed E-state index contributed by atoms with van der Waals surface area (Å²) in [4.78, 5) is 8.55. The van der Waals surface area contributed by atoms with E-state index in [1.807, 2.05) is 12.5 Å². The van der Waals surface area contributed by atoms with Crippen LogP contribution in [0, 0.1) is 5.92 Å². The molecule has 5 nitrogen and oxygen atoms in total. The second-order valence-corrected chi connectivity index (χ2v) is 7.13. The highest BCUT2D eigenvalue weighted by Gasteiger charge is 2.04. The normalized spacial score (nSPS) is 13.2. The van der Waals surface area contributed by atoms with E-state index in [2.05, 4.69) is 64.9 Å². The summed E-state index contributed by atoms with van der Waals surface area (Å²) < 4.78 is 2.05. The largest absolute Gasteiger partial charge is 0.370 e. The quantitative estimate of drug-likeness (QED) is 0.541. The predicted molar refractivity (Wildman–Crippen MR) is 104 cm³/mol. The van der Waals surface area contributed by atoms with E-state index in [4.69, 9.17) is 5.73 Å². The average molecular weight is 342 g/mol. The Balaban J connectivity index is 1.81. The molecule has 2 rings (SSSR count). The van der Waals surface area contributed by atoms with Gasteiger partial charge in [-0.25, -0.2) is 9.98 Å². The van der Waals surface area contributed by atoms with Crippen molar-refractivity contribution < 1.29 is 0 Å². The Morgan fingerprint density at radius 2 is 2.04 bits per heavy atom. The fraction of sp³-hybridized carbons (Fsp3) is 0.500. The second-order valence-electron chi connectivity index (χ2n) is 7.13. The minimum Gasteiger partial charge on any atom is -0.370 e. The smallest absolute Gasteiger partial charge is 0.189 e. The first kappa shape index (κ1) is 19.0. The van der Waals surface area contributed by atoms with E-state index >= 15 is 0 Å². The number of hydrogen-bond donors (Lipinski definition) is 2. The van der Waals surface area contributed by atoms with Crippen LogP contribution in [0.4, 0.5) is 0 Å². The molecule has 1 aromatic carbocycles. The lowest BCUT2D eigenvalue weighted by Gasteiger charge is -2.15. The van der Waals surface area contributed by atoms with Crippen LogP contribution in [0.1, 0.15) is 51.2 Å². The van der Waals surface area contributed by atoms with Crippen LogP contribution in [0.2, 0.25) is 0 Å². The molecule has 0 bridgehead atoms. The summed E-state index contributed by atoms with van der Waals surface area (Å²) >= 11 is 0. The van der Waals surface area contributed by atoms with Gasteiger partial charge in [-0.1, -0.05) is 51.0 Å². The van der Waals surface area contributed by atoms with Crippen LogP contribution in [0.25, 0.3) is 0 Å². The van der Waals surface area contributed by atoms with Gasteiger partial charge in [0.15, 0.2) is 5.96 Å². The van der Waals surface area contributed by atoms with Crippen molar-refractivity contribution in [2.75, 3.05) is 0 Å². The minimum atomic E-state index is 0.357. The van der Waals surface area contributed by atoms with E-state index in [0.717, 1.165) is 24.4 Å². The zero-order chi connectivity index (χ0) is 18.1. The number of benzene rings is 1. The summed E-state index contributed by atoms with van der Waals surface area (Å²) in [5.41, 5.74) is 8.43. The summed E-state index contributed by atoms with van der Waals surface area (Å²) in [7, 11) is 0. The molecule has 0 saturated heterocycles. The lowest BCUT2D eigenvalue weighted by atomic mass is 10.0. The molecule has 2 aromatic rings. The summed E-state index contributed by atoms with van der Waals surface area (Å²) in [5.74, 6) is 1.28. The van der Waals surface area contributed by atoms with E-state index in [1.165, 1.54) is 18.4 Å². The van der Waals surface area contributed by atoms with Crippen molar-refractivity contribution in [3.05, 3.63) is 54.1 Å². The number of hydrogen-bond acceptors (Lipinski definition) is 2. The third kappa shape index (κ3) is 7.42. The van der Waals surface area contributed by atoms with Crippen molar-refractivity contribution in [1.29, 1.82) is 0 Å². The molecule has 1 unspecified atom stereocenters. The van der Waals surface area contributed by atoms with Gasteiger partial charge in [0, 0.05) is 25.0 Å². The molecule has 136 valence electrons. The highest BCUT2D eigenvalue weighted by Crippen LogP contribution is 2.09. The van der Waals surface area contributed by atoms with Gasteiger partial charge in [-0.05, 0) is 30.4 Å². The van der Waals surface area contributed by atoms with Crippen LogP contribution in [0.5, 0.6) is 0 Å². The van der Waals surface area contributed by atoms with Crippen molar-refractivity contribution >= 4 is 5.96 Å². The predicted octanol–water partition coefficient (Wildman–Crippen LogP) is 3.55. The average Bonchev–Trinajstić information content (AvgIpc) is 3.06. The molecular weight excluding hydrogens is 310 g/mol. The number of imidazole rings is 1. The molecule has 0 aliphatic rings. The Labute approximate surface area is 151 Å². The Kier molecular flexibility index (Phi) is 7.51.